The molecule has 0 bridgehead atoms. The molecule has 0 aliphatic heterocycles. The van der Waals surface area contributed by atoms with Crippen LogP contribution < -0.4 is 0 Å². The molecule has 0 amide bonds. The van der Waals surface area contributed by atoms with Gasteiger partial charge in [-0.05, 0) is 83.5 Å². The fourth-order valence-corrected chi connectivity index (χ4v) is 7.06. The topological polar surface area (TPSA) is 78.9 Å². The number of allylic oxidation sites excluding steroid dienone is 18. The second-order valence-corrected chi connectivity index (χ2v) is 17.5. The normalized spacial score (nSPS) is 13.0. The number of ether oxygens (including phenoxy) is 3. The summed E-state index contributed by atoms with van der Waals surface area (Å²) in [5.41, 5.74) is 0. The lowest BCUT2D eigenvalue weighted by Crippen LogP contribution is -2.30. The van der Waals surface area contributed by atoms with Crippen molar-refractivity contribution in [1.82, 2.24) is 0 Å². The molecule has 0 aromatic carbocycles. The molecule has 0 aromatic rings. The maximum atomic E-state index is 12.8. The standard InChI is InChI=1S/C60H98O6/c1-4-7-10-13-16-19-22-24-26-28-30-32-33-35-38-41-44-47-50-53-59(62)65-56-57(55-64-58(61)52-49-46-43-40-37-21-18-15-12-9-6-3)66-60(63)54-51-48-45-42-39-36-34-31-29-27-25-23-20-17-14-11-8-5-2/h7,10,16,19,23-27,29-32,34-35,38,44,47,57H,4-6,8-9,11-15,17-18,20-22,28,33,36-37,39-43,45-46,48-56H2,1-3H3/b10-7-,19-16-,25-23-,26-24-,29-27-,32-30-,34-31-,38-35-,47-44-. The minimum Gasteiger partial charge on any atom is -0.462 e. The molecule has 0 aliphatic carbocycles. The van der Waals surface area contributed by atoms with E-state index in [9.17, 15) is 14.4 Å². The van der Waals surface area contributed by atoms with Crippen molar-refractivity contribution in [3.63, 3.8) is 0 Å². The van der Waals surface area contributed by atoms with Gasteiger partial charge in [0.25, 0.3) is 0 Å². The summed E-state index contributed by atoms with van der Waals surface area (Å²) >= 11 is 0. The zero-order chi connectivity index (χ0) is 47.9. The Kier molecular flexibility index (Phi) is 50.5. The van der Waals surface area contributed by atoms with Crippen LogP contribution in [0.4, 0.5) is 0 Å². The van der Waals surface area contributed by atoms with Crippen LogP contribution in [-0.4, -0.2) is 37.2 Å². The lowest BCUT2D eigenvalue weighted by atomic mass is 10.1. The molecule has 0 saturated heterocycles. The fraction of sp³-hybridized carbons (Fsp3) is 0.650. The SMILES string of the molecule is CC/C=C\C/C=C\C/C=C\C/C=C\C/C=C\C/C=C\CCC(=O)OCC(COC(=O)CCCCCCCCCCCCC)OC(=O)CCCCCCC\C=C/C=C\C=C/CCCCCCC. The summed E-state index contributed by atoms with van der Waals surface area (Å²) < 4.78 is 16.7. The van der Waals surface area contributed by atoms with Crippen molar-refractivity contribution >= 4 is 17.9 Å². The summed E-state index contributed by atoms with van der Waals surface area (Å²) in [6.07, 6.45) is 72.2. The minimum absolute atomic E-state index is 0.110. The Hall–Kier alpha value is -3.93. The Bertz CT molecular complexity index is 1370. The quantitative estimate of drug-likeness (QED) is 0.0199. The van der Waals surface area contributed by atoms with Gasteiger partial charge in [-0.2, -0.15) is 0 Å². The summed E-state index contributed by atoms with van der Waals surface area (Å²) in [7, 11) is 0. The smallest absolute Gasteiger partial charge is 0.306 e. The van der Waals surface area contributed by atoms with Gasteiger partial charge in [0.2, 0.25) is 0 Å². The van der Waals surface area contributed by atoms with Crippen LogP contribution in [0.2, 0.25) is 0 Å². The van der Waals surface area contributed by atoms with E-state index in [1.807, 2.05) is 12.2 Å². The Morgan fingerprint density at radius 2 is 0.682 bits per heavy atom. The molecule has 1 atom stereocenters. The summed E-state index contributed by atoms with van der Waals surface area (Å²) in [4.78, 5) is 38.0. The van der Waals surface area contributed by atoms with Gasteiger partial charge >= 0.3 is 17.9 Å². The Labute approximate surface area is 406 Å². The molecule has 6 heteroatoms. The molecule has 0 spiro atoms. The Balaban J connectivity index is 4.53. The molecule has 0 rings (SSSR count). The average Bonchev–Trinajstić information content (AvgIpc) is 3.31. The molecule has 374 valence electrons. The second-order valence-electron chi connectivity index (χ2n) is 17.5. The predicted octanol–water partition coefficient (Wildman–Crippen LogP) is 17.9. The van der Waals surface area contributed by atoms with Crippen LogP contribution in [-0.2, 0) is 28.6 Å². The highest BCUT2D eigenvalue weighted by atomic mass is 16.6. The van der Waals surface area contributed by atoms with Crippen LogP contribution in [0.5, 0.6) is 0 Å². The maximum absolute atomic E-state index is 12.8. The average molecular weight is 915 g/mol. The third-order valence-corrected chi connectivity index (χ3v) is 11.1. The highest BCUT2D eigenvalue weighted by Crippen LogP contribution is 2.14. The number of rotatable bonds is 47. The summed E-state index contributed by atoms with van der Waals surface area (Å²) in [6, 6.07) is 0. The van der Waals surface area contributed by atoms with Gasteiger partial charge in [0.05, 0.1) is 0 Å². The van der Waals surface area contributed by atoms with Gasteiger partial charge in [0.15, 0.2) is 6.10 Å². The van der Waals surface area contributed by atoms with Crippen molar-refractivity contribution in [3.8, 4) is 0 Å². The van der Waals surface area contributed by atoms with E-state index in [0.29, 0.717) is 12.8 Å². The highest BCUT2D eigenvalue weighted by Gasteiger charge is 2.19. The third kappa shape index (κ3) is 51.1. The van der Waals surface area contributed by atoms with Gasteiger partial charge in [0, 0.05) is 19.3 Å². The van der Waals surface area contributed by atoms with E-state index in [2.05, 4.69) is 118 Å². The molecule has 66 heavy (non-hydrogen) atoms. The first kappa shape index (κ1) is 62.1. The number of esters is 3. The molecule has 6 nitrogen and oxygen atoms in total. The molecule has 0 aromatic heterocycles. The molecule has 0 N–H and O–H groups in total. The van der Waals surface area contributed by atoms with E-state index in [-0.39, 0.29) is 44.0 Å². The summed E-state index contributed by atoms with van der Waals surface area (Å²) in [5.74, 6) is -1.02. The zero-order valence-electron chi connectivity index (χ0n) is 42.7. The highest BCUT2D eigenvalue weighted by molar-refractivity contribution is 5.71. The zero-order valence-corrected chi connectivity index (χ0v) is 42.7. The molecule has 1 unspecified atom stereocenters. The molecule has 0 fully saturated rings. The molecule has 0 radical (unpaired) electrons. The molecular formula is C60H98O6. The van der Waals surface area contributed by atoms with Gasteiger partial charge in [0.1, 0.15) is 13.2 Å². The van der Waals surface area contributed by atoms with E-state index < -0.39 is 6.10 Å². The van der Waals surface area contributed by atoms with Gasteiger partial charge in [-0.25, -0.2) is 0 Å². The van der Waals surface area contributed by atoms with E-state index in [1.54, 1.807) is 0 Å². The largest absolute Gasteiger partial charge is 0.462 e. The van der Waals surface area contributed by atoms with Crippen molar-refractivity contribution in [2.45, 2.75) is 239 Å². The number of hydrogen-bond donors (Lipinski definition) is 0. The second kappa shape index (κ2) is 53.7. The lowest BCUT2D eigenvalue weighted by Gasteiger charge is -2.18. The monoisotopic (exact) mass is 915 g/mol. The lowest BCUT2D eigenvalue weighted by molar-refractivity contribution is -0.166. The summed E-state index contributed by atoms with van der Waals surface area (Å²) in [5, 5.41) is 0. The van der Waals surface area contributed by atoms with Crippen LogP contribution in [0.3, 0.4) is 0 Å². The van der Waals surface area contributed by atoms with Crippen LogP contribution in [0.15, 0.2) is 109 Å². The Morgan fingerprint density at radius 3 is 1.11 bits per heavy atom. The molecular weight excluding hydrogens is 817 g/mol. The molecule has 0 saturated carbocycles. The van der Waals surface area contributed by atoms with Gasteiger partial charge in [-0.15, -0.1) is 0 Å². The van der Waals surface area contributed by atoms with Crippen LogP contribution in [0, 0.1) is 0 Å². The number of carbonyl (C=O) groups excluding carboxylic acids is 3. The van der Waals surface area contributed by atoms with Crippen molar-refractivity contribution < 1.29 is 28.6 Å². The number of hydrogen-bond acceptors (Lipinski definition) is 6. The van der Waals surface area contributed by atoms with Crippen molar-refractivity contribution in [1.29, 1.82) is 0 Å². The first-order chi connectivity index (χ1) is 32.5. The number of unbranched alkanes of at least 4 members (excludes halogenated alkanes) is 20. The first-order valence-electron chi connectivity index (χ1n) is 26.9. The number of carbonyl (C=O) groups is 3. The van der Waals surface area contributed by atoms with Gasteiger partial charge < -0.3 is 14.2 Å². The molecule has 0 aliphatic rings. The van der Waals surface area contributed by atoms with E-state index in [0.717, 1.165) is 103 Å². The minimum atomic E-state index is -0.819. The third-order valence-electron chi connectivity index (χ3n) is 11.1. The van der Waals surface area contributed by atoms with E-state index >= 15 is 0 Å². The van der Waals surface area contributed by atoms with Crippen molar-refractivity contribution in [2.24, 2.45) is 0 Å². The van der Waals surface area contributed by atoms with E-state index in [1.165, 1.54) is 83.5 Å². The van der Waals surface area contributed by atoms with Crippen molar-refractivity contribution in [2.75, 3.05) is 13.2 Å². The first-order valence-corrected chi connectivity index (χ1v) is 26.9. The van der Waals surface area contributed by atoms with Crippen LogP contribution in [0.25, 0.3) is 0 Å². The van der Waals surface area contributed by atoms with Crippen LogP contribution >= 0.6 is 0 Å². The van der Waals surface area contributed by atoms with Gasteiger partial charge in [-0.1, -0.05) is 239 Å². The predicted molar refractivity (Wildman–Crippen MR) is 283 cm³/mol. The maximum Gasteiger partial charge on any atom is 0.306 e. The molecule has 0 heterocycles. The summed E-state index contributed by atoms with van der Waals surface area (Å²) in [6.45, 7) is 6.41. The van der Waals surface area contributed by atoms with E-state index in [4.69, 9.17) is 14.2 Å². The van der Waals surface area contributed by atoms with Crippen molar-refractivity contribution in [3.05, 3.63) is 109 Å². The van der Waals surface area contributed by atoms with Gasteiger partial charge in [-0.3, -0.25) is 14.4 Å². The fourth-order valence-electron chi connectivity index (χ4n) is 7.06. The van der Waals surface area contributed by atoms with Crippen LogP contribution in [0.1, 0.15) is 233 Å². The Morgan fingerprint density at radius 1 is 0.333 bits per heavy atom.